The van der Waals surface area contributed by atoms with Crippen LogP contribution in [0.3, 0.4) is 0 Å². The van der Waals surface area contributed by atoms with Crippen molar-refractivity contribution in [2.75, 3.05) is 0 Å². The maximum atomic E-state index is 13.0. The first-order valence-corrected chi connectivity index (χ1v) is 12.2. The number of nitrogens with one attached hydrogen (secondary N) is 1. The predicted octanol–water partition coefficient (Wildman–Crippen LogP) is 4.69. The van der Waals surface area contributed by atoms with Crippen LogP contribution in [0.1, 0.15) is 79.6 Å². The lowest BCUT2D eigenvalue weighted by atomic mass is 9.48. The van der Waals surface area contributed by atoms with Crippen LogP contribution in [0.5, 0.6) is 0 Å². The number of thioether (sulfide) groups is 1. The number of ketones is 1. The van der Waals surface area contributed by atoms with Gasteiger partial charge in [0.2, 0.25) is 0 Å². The van der Waals surface area contributed by atoms with Crippen LogP contribution in [0.2, 0.25) is 0 Å². The van der Waals surface area contributed by atoms with Gasteiger partial charge >= 0.3 is 0 Å². The fraction of sp³-hybridized carbons (Fsp3) is 0.875. The molecule has 1 aliphatic heterocycles. The summed E-state index contributed by atoms with van der Waals surface area (Å²) in [6, 6.07) is 0.301. The smallest absolute Gasteiger partial charge is 0.147 e. The van der Waals surface area contributed by atoms with Gasteiger partial charge in [0.15, 0.2) is 0 Å². The minimum atomic E-state index is -0.245. The van der Waals surface area contributed by atoms with E-state index in [2.05, 4.69) is 39.1 Å². The lowest BCUT2D eigenvalue weighted by Crippen LogP contribution is -2.55. The van der Waals surface area contributed by atoms with Crippen LogP contribution >= 0.6 is 11.8 Å². The summed E-state index contributed by atoms with van der Waals surface area (Å²) >= 11 is 1.91. The van der Waals surface area contributed by atoms with Crippen molar-refractivity contribution in [3.63, 3.8) is 0 Å². The highest BCUT2D eigenvalue weighted by Crippen LogP contribution is 2.70. The van der Waals surface area contributed by atoms with E-state index in [9.17, 15) is 9.90 Å². The van der Waals surface area contributed by atoms with Crippen molar-refractivity contribution in [3.8, 4) is 0 Å². The second-order valence-electron chi connectivity index (χ2n) is 11.6. The average Bonchev–Trinajstić information content (AvgIpc) is 2.99. The zero-order valence-electron chi connectivity index (χ0n) is 18.2. The Labute approximate surface area is 174 Å². The number of allylic oxidation sites excluding steroid dienone is 1. The Kier molecular flexibility index (Phi) is 4.13. The van der Waals surface area contributed by atoms with Crippen LogP contribution in [0.4, 0.5) is 0 Å². The fourth-order valence-corrected chi connectivity index (χ4v) is 10.4. The lowest BCUT2D eigenvalue weighted by molar-refractivity contribution is -0.119. The van der Waals surface area contributed by atoms with Gasteiger partial charge in [-0.25, -0.2) is 0 Å². The minimum absolute atomic E-state index is 0.0286. The second kappa shape index (κ2) is 5.88. The molecule has 8 atom stereocenters. The van der Waals surface area contributed by atoms with Gasteiger partial charge in [0.25, 0.3) is 0 Å². The molecular weight excluding hydrogens is 366 g/mol. The van der Waals surface area contributed by atoms with Crippen LogP contribution in [-0.2, 0) is 4.79 Å². The molecule has 3 nitrogen and oxygen atoms in total. The van der Waals surface area contributed by atoms with Crippen molar-refractivity contribution in [1.29, 1.82) is 0 Å². The Morgan fingerprint density at radius 2 is 1.96 bits per heavy atom. The first-order chi connectivity index (χ1) is 13.0. The number of fused-ring (bicyclic) bond motifs is 7. The lowest BCUT2D eigenvalue weighted by Gasteiger charge is -2.58. The molecule has 4 aliphatic carbocycles. The number of Topliss-reactive ketones (excluding diaryl/α,β-unsaturated/α-hetero) is 1. The van der Waals surface area contributed by atoms with Gasteiger partial charge in [-0.2, -0.15) is 0 Å². The summed E-state index contributed by atoms with van der Waals surface area (Å²) < 4.78 is -0.245. The number of hydrogen-bond acceptors (Lipinski definition) is 4. The standard InChI is InChI=1S/C24H37NO2S/c1-14(26)24-13-22(4)10-9-18-17(19(22)20(24)25-21(2,3)28-24)7-6-15-12-16(27)8-11-23(15,18)5/h6,16-20,25,27H,7-13H2,1-5H3. The average molecular weight is 404 g/mol. The first kappa shape index (κ1) is 19.6. The number of carbonyl (C=O) groups is 1. The molecule has 28 heavy (non-hydrogen) atoms. The Hall–Kier alpha value is -0.320. The van der Waals surface area contributed by atoms with Crippen LogP contribution in [0.25, 0.3) is 0 Å². The Bertz CT molecular complexity index is 747. The normalized spacial score (nSPS) is 54.2. The molecule has 4 fully saturated rings. The Morgan fingerprint density at radius 1 is 1.21 bits per heavy atom. The van der Waals surface area contributed by atoms with Crippen LogP contribution in [0, 0.1) is 28.6 Å². The van der Waals surface area contributed by atoms with Gasteiger partial charge in [-0.15, -0.1) is 11.8 Å². The third-order valence-corrected chi connectivity index (χ3v) is 11.2. The van der Waals surface area contributed by atoms with E-state index < -0.39 is 0 Å². The van der Waals surface area contributed by atoms with Crippen LogP contribution in [-0.4, -0.2) is 32.7 Å². The van der Waals surface area contributed by atoms with E-state index in [1.54, 1.807) is 0 Å². The monoisotopic (exact) mass is 403 g/mol. The van der Waals surface area contributed by atoms with E-state index in [0.29, 0.717) is 29.6 Å². The Morgan fingerprint density at radius 3 is 2.68 bits per heavy atom. The van der Waals surface area contributed by atoms with Gasteiger partial charge in [-0.1, -0.05) is 25.5 Å². The van der Waals surface area contributed by atoms with Gasteiger partial charge in [-0.3, -0.25) is 10.1 Å². The van der Waals surface area contributed by atoms with Crippen molar-refractivity contribution < 1.29 is 9.90 Å². The summed E-state index contributed by atoms with van der Waals surface area (Å²) in [7, 11) is 0. The maximum Gasteiger partial charge on any atom is 0.147 e. The Balaban J connectivity index is 1.56. The van der Waals surface area contributed by atoms with E-state index in [4.69, 9.17) is 0 Å². The molecule has 4 heteroatoms. The quantitative estimate of drug-likeness (QED) is 0.624. The molecule has 3 saturated carbocycles. The third-order valence-electron chi connectivity index (χ3n) is 9.51. The molecule has 8 unspecified atom stereocenters. The molecule has 2 N–H and O–H groups in total. The molecular formula is C24H37NO2S. The van der Waals surface area contributed by atoms with Crippen LogP contribution < -0.4 is 5.32 Å². The van der Waals surface area contributed by atoms with E-state index in [1.165, 1.54) is 18.4 Å². The van der Waals surface area contributed by atoms with Gasteiger partial charge < -0.3 is 5.11 Å². The summed E-state index contributed by atoms with van der Waals surface area (Å²) in [6.45, 7) is 11.3. The van der Waals surface area contributed by atoms with Crippen molar-refractivity contribution in [2.45, 2.75) is 101 Å². The second-order valence-corrected chi connectivity index (χ2v) is 13.6. The molecule has 0 aromatic heterocycles. The summed E-state index contributed by atoms with van der Waals surface area (Å²) in [4.78, 5) is 13.0. The van der Waals surface area contributed by atoms with Crippen molar-refractivity contribution in [2.24, 2.45) is 28.6 Å². The zero-order valence-corrected chi connectivity index (χ0v) is 19.0. The number of carbonyl (C=O) groups excluding carboxylic acids is 1. The van der Waals surface area contributed by atoms with Gasteiger partial charge in [0, 0.05) is 6.04 Å². The fourth-order valence-electron chi connectivity index (χ4n) is 8.41. The van der Waals surface area contributed by atoms with Gasteiger partial charge in [0.1, 0.15) is 5.78 Å². The van der Waals surface area contributed by atoms with Crippen molar-refractivity contribution in [3.05, 3.63) is 11.6 Å². The molecule has 0 aromatic carbocycles. The highest BCUT2D eigenvalue weighted by atomic mass is 32.2. The number of hydrogen-bond donors (Lipinski definition) is 2. The summed E-state index contributed by atoms with van der Waals surface area (Å²) in [6.07, 6.45) is 10.0. The van der Waals surface area contributed by atoms with E-state index in [0.717, 1.165) is 32.1 Å². The summed E-state index contributed by atoms with van der Waals surface area (Å²) in [5, 5.41) is 14.2. The highest BCUT2D eigenvalue weighted by Gasteiger charge is 2.70. The molecule has 0 amide bonds. The van der Waals surface area contributed by atoms with Crippen molar-refractivity contribution >= 4 is 17.5 Å². The SMILES string of the molecule is CC(=O)C12CC3(C)CCC4C(CC=C5CC(O)CCC54C)C3C1NC(C)(C)S2. The topological polar surface area (TPSA) is 49.3 Å². The molecule has 1 saturated heterocycles. The van der Waals surface area contributed by atoms with E-state index in [1.807, 2.05) is 18.7 Å². The summed E-state index contributed by atoms with van der Waals surface area (Å²) in [5.41, 5.74) is 2.05. The molecule has 1 heterocycles. The predicted molar refractivity (Wildman–Crippen MR) is 115 cm³/mol. The molecule has 0 bridgehead atoms. The third kappa shape index (κ3) is 2.46. The largest absolute Gasteiger partial charge is 0.393 e. The maximum absolute atomic E-state index is 13.0. The molecule has 5 rings (SSSR count). The van der Waals surface area contributed by atoms with Gasteiger partial charge in [0.05, 0.1) is 15.7 Å². The molecule has 0 radical (unpaired) electrons. The first-order valence-electron chi connectivity index (χ1n) is 11.4. The minimum Gasteiger partial charge on any atom is -0.393 e. The van der Waals surface area contributed by atoms with Crippen molar-refractivity contribution in [1.82, 2.24) is 5.32 Å². The van der Waals surface area contributed by atoms with E-state index >= 15 is 0 Å². The van der Waals surface area contributed by atoms with E-state index in [-0.39, 0.29) is 26.6 Å². The molecule has 0 aromatic rings. The molecule has 0 spiro atoms. The van der Waals surface area contributed by atoms with Crippen LogP contribution in [0.15, 0.2) is 11.6 Å². The number of aliphatic hydroxyl groups excluding tert-OH is 1. The zero-order chi connectivity index (χ0) is 20.1. The highest BCUT2D eigenvalue weighted by molar-refractivity contribution is 8.03. The number of aliphatic hydroxyl groups is 1. The molecule has 156 valence electrons. The summed E-state index contributed by atoms with van der Waals surface area (Å²) in [5.74, 6) is 2.32. The molecule has 5 aliphatic rings. The number of rotatable bonds is 1. The van der Waals surface area contributed by atoms with Gasteiger partial charge in [-0.05, 0) is 94.3 Å².